The van der Waals surface area contributed by atoms with Crippen LogP contribution in [0.15, 0.2) is 4.60 Å². The summed E-state index contributed by atoms with van der Waals surface area (Å²) >= 11 is 2.79. The highest BCUT2D eigenvalue weighted by Crippen LogP contribution is 2.46. The number of hydrogen-bond donors (Lipinski definition) is 1. The molecule has 1 aromatic rings. The van der Waals surface area contributed by atoms with Crippen LogP contribution >= 0.6 is 15.9 Å². The molecular formula is C8H9BrF6N4. The molecule has 0 aromatic carbocycles. The monoisotopic (exact) mass is 354 g/mol. The summed E-state index contributed by atoms with van der Waals surface area (Å²) in [6, 6.07) is -2.05. The fraction of sp³-hybridized carbons (Fsp3) is 0.750. The van der Waals surface area contributed by atoms with E-state index < -0.39 is 24.3 Å². The minimum Gasteiger partial charge on any atom is -0.311 e. The summed E-state index contributed by atoms with van der Waals surface area (Å²) in [5.41, 5.74) is -0.331. The number of rotatable bonds is 3. The van der Waals surface area contributed by atoms with Crippen molar-refractivity contribution in [2.24, 2.45) is 13.0 Å². The molecule has 110 valence electrons. The summed E-state index contributed by atoms with van der Waals surface area (Å²) in [5, 5.41) is 8.79. The fourth-order valence-electron chi connectivity index (χ4n) is 1.69. The maximum atomic E-state index is 12.7. The number of aryl methyl sites for hydroxylation is 1. The first kappa shape index (κ1) is 16.2. The molecule has 0 saturated heterocycles. The average molecular weight is 355 g/mol. The van der Waals surface area contributed by atoms with Gasteiger partial charge < -0.3 is 5.32 Å². The summed E-state index contributed by atoms with van der Waals surface area (Å²) in [6.45, 7) is 0. The van der Waals surface area contributed by atoms with Crippen LogP contribution in [0, 0.1) is 5.92 Å². The van der Waals surface area contributed by atoms with Crippen LogP contribution in [0.3, 0.4) is 0 Å². The molecule has 1 heterocycles. The summed E-state index contributed by atoms with van der Waals surface area (Å²) in [7, 11) is 2.22. The Bertz CT molecular complexity index is 406. The van der Waals surface area contributed by atoms with Crippen molar-refractivity contribution in [2.45, 2.75) is 18.4 Å². The highest BCUT2D eigenvalue weighted by molar-refractivity contribution is 9.10. The van der Waals surface area contributed by atoms with E-state index in [1.165, 1.54) is 7.05 Å². The Kier molecular flexibility index (Phi) is 4.50. The van der Waals surface area contributed by atoms with E-state index in [0.717, 1.165) is 11.7 Å². The SMILES string of the molecule is CNC(c1c(Br)nnn1C)C(C(F)(F)F)C(F)(F)F. The lowest BCUT2D eigenvalue weighted by Gasteiger charge is -2.30. The molecule has 1 aromatic heterocycles. The zero-order valence-electron chi connectivity index (χ0n) is 9.64. The molecule has 0 bridgehead atoms. The number of hydrogen-bond acceptors (Lipinski definition) is 3. The Balaban J connectivity index is 3.34. The Labute approximate surface area is 112 Å². The summed E-state index contributed by atoms with van der Waals surface area (Å²) in [5.74, 6) is -3.56. The molecule has 0 spiro atoms. The van der Waals surface area contributed by atoms with Crippen LogP contribution in [0.2, 0.25) is 0 Å². The zero-order valence-corrected chi connectivity index (χ0v) is 11.2. The van der Waals surface area contributed by atoms with E-state index in [0.29, 0.717) is 0 Å². The second kappa shape index (κ2) is 5.27. The molecule has 0 saturated carbocycles. The van der Waals surface area contributed by atoms with Gasteiger partial charge in [-0.2, -0.15) is 26.3 Å². The number of nitrogens with one attached hydrogen (secondary N) is 1. The van der Waals surface area contributed by atoms with Crippen molar-refractivity contribution in [3.8, 4) is 0 Å². The average Bonchev–Trinajstić information content (AvgIpc) is 2.51. The van der Waals surface area contributed by atoms with E-state index in [2.05, 4.69) is 26.2 Å². The molecule has 0 fully saturated rings. The van der Waals surface area contributed by atoms with Crippen molar-refractivity contribution in [2.75, 3.05) is 7.05 Å². The number of alkyl halides is 6. The number of halogens is 7. The lowest BCUT2D eigenvalue weighted by atomic mass is 9.96. The van der Waals surface area contributed by atoms with E-state index >= 15 is 0 Å². The van der Waals surface area contributed by atoms with Gasteiger partial charge in [0.15, 0.2) is 10.5 Å². The van der Waals surface area contributed by atoms with Gasteiger partial charge in [0.05, 0.1) is 11.7 Å². The third kappa shape index (κ3) is 3.38. The molecule has 1 unspecified atom stereocenters. The molecular weight excluding hydrogens is 346 g/mol. The predicted molar refractivity (Wildman–Crippen MR) is 56.1 cm³/mol. The first-order chi connectivity index (χ1) is 8.50. The minimum absolute atomic E-state index is 0.173. The van der Waals surface area contributed by atoms with Gasteiger partial charge in [0.1, 0.15) is 0 Å². The predicted octanol–water partition coefficient (Wildman–Crippen LogP) is 2.58. The molecule has 0 aliphatic carbocycles. The molecule has 4 nitrogen and oxygen atoms in total. The van der Waals surface area contributed by atoms with Crippen LogP contribution in [0.25, 0.3) is 0 Å². The van der Waals surface area contributed by atoms with Crippen molar-refractivity contribution < 1.29 is 26.3 Å². The molecule has 1 N–H and O–H groups in total. The third-order valence-corrected chi connectivity index (χ3v) is 3.04. The van der Waals surface area contributed by atoms with Crippen LogP contribution < -0.4 is 5.32 Å². The number of aromatic nitrogens is 3. The van der Waals surface area contributed by atoms with E-state index in [-0.39, 0.29) is 10.3 Å². The lowest BCUT2D eigenvalue weighted by Crippen LogP contribution is -2.45. The molecule has 0 aliphatic heterocycles. The summed E-state index contributed by atoms with van der Waals surface area (Å²) < 4.78 is 76.8. The Hall–Kier alpha value is -0.840. The van der Waals surface area contributed by atoms with Crippen LogP contribution in [0.1, 0.15) is 11.7 Å². The van der Waals surface area contributed by atoms with Gasteiger partial charge in [0.25, 0.3) is 0 Å². The van der Waals surface area contributed by atoms with Gasteiger partial charge in [-0.15, -0.1) is 5.10 Å². The van der Waals surface area contributed by atoms with Crippen LogP contribution in [0.5, 0.6) is 0 Å². The molecule has 11 heteroatoms. The van der Waals surface area contributed by atoms with Gasteiger partial charge in [-0.05, 0) is 23.0 Å². The topological polar surface area (TPSA) is 42.7 Å². The normalized spacial score (nSPS) is 15.1. The molecule has 1 rings (SSSR count). The Morgan fingerprint density at radius 3 is 1.89 bits per heavy atom. The van der Waals surface area contributed by atoms with Crippen molar-refractivity contribution in [3.63, 3.8) is 0 Å². The van der Waals surface area contributed by atoms with E-state index in [4.69, 9.17) is 0 Å². The highest BCUT2D eigenvalue weighted by atomic mass is 79.9. The van der Waals surface area contributed by atoms with Crippen LogP contribution in [-0.2, 0) is 7.05 Å². The summed E-state index contributed by atoms with van der Waals surface area (Å²) in [4.78, 5) is 0. The quantitative estimate of drug-likeness (QED) is 0.848. The van der Waals surface area contributed by atoms with Crippen molar-refractivity contribution in [3.05, 3.63) is 10.3 Å². The molecule has 19 heavy (non-hydrogen) atoms. The smallest absolute Gasteiger partial charge is 0.311 e. The third-order valence-electron chi connectivity index (χ3n) is 2.47. The molecule has 0 aliphatic rings. The second-order valence-corrected chi connectivity index (χ2v) is 4.47. The first-order valence-electron chi connectivity index (χ1n) is 4.86. The fourth-order valence-corrected chi connectivity index (χ4v) is 2.27. The lowest BCUT2D eigenvalue weighted by molar-refractivity contribution is -0.292. The maximum absolute atomic E-state index is 12.7. The van der Waals surface area contributed by atoms with Crippen molar-refractivity contribution in [1.82, 2.24) is 20.3 Å². The minimum atomic E-state index is -5.45. The van der Waals surface area contributed by atoms with Gasteiger partial charge in [-0.25, -0.2) is 4.68 Å². The van der Waals surface area contributed by atoms with Gasteiger partial charge in [-0.3, -0.25) is 0 Å². The largest absolute Gasteiger partial charge is 0.402 e. The molecule has 0 amide bonds. The van der Waals surface area contributed by atoms with Gasteiger partial charge in [0.2, 0.25) is 0 Å². The Morgan fingerprint density at radius 2 is 1.63 bits per heavy atom. The van der Waals surface area contributed by atoms with Crippen LogP contribution in [-0.4, -0.2) is 34.4 Å². The number of nitrogens with zero attached hydrogens (tertiary/aromatic N) is 3. The van der Waals surface area contributed by atoms with Crippen LogP contribution in [0.4, 0.5) is 26.3 Å². The van der Waals surface area contributed by atoms with E-state index in [1.807, 2.05) is 5.32 Å². The van der Waals surface area contributed by atoms with Gasteiger partial charge in [-0.1, -0.05) is 5.21 Å². The molecule has 1 atom stereocenters. The van der Waals surface area contributed by atoms with Gasteiger partial charge in [0, 0.05) is 7.05 Å². The van der Waals surface area contributed by atoms with Gasteiger partial charge >= 0.3 is 12.4 Å². The second-order valence-electron chi connectivity index (χ2n) is 3.72. The van der Waals surface area contributed by atoms with Crippen molar-refractivity contribution >= 4 is 15.9 Å². The van der Waals surface area contributed by atoms with Crippen molar-refractivity contribution in [1.29, 1.82) is 0 Å². The van der Waals surface area contributed by atoms with E-state index in [9.17, 15) is 26.3 Å². The maximum Gasteiger partial charge on any atom is 0.402 e. The Morgan fingerprint density at radius 1 is 1.16 bits per heavy atom. The molecule has 0 radical (unpaired) electrons. The first-order valence-corrected chi connectivity index (χ1v) is 5.65. The summed E-state index contributed by atoms with van der Waals surface area (Å²) in [6.07, 6.45) is -10.9. The highest BCUT2D eigenvalue weighted by Gasteiger charge is 2.61. The zero-order chi connectivity index (χ0) is 15.0. The van der Waals surface area contributed by atoms with E-state index in [1.54, 1.807) is 0 Å². The standard InChI is InChI=1S/C8H9BrF6N4/c1-16-3(4-6(9)17-18-19(4)2)5(7(10,11)12)8(13,14)15/h3,5,16H,1-2H3.